The van der Waals surface area contributed by atoms with Gasteiger partial charge in [-0.05, 0) is 36.8 Å². The van der Waals surface area contributed by atoms with Crippen molar-refractivity contribution in [3.63, 3.8) is 0 Å². The number of carbonyl (C=O) groups excluding carboxylic acids is 1. The lowest BCUT2D eigenvalue weighted by Crippen LogP contribution is -2.19. The first kappa shape index (κ1) is 19.8. The fourth-order valence-electron chi connectivity index (χ4n) is 3.24. The van der Waals surface area contributed by atoms with E-state index in [1.165, 1.54) is 17.7 Å². The maximum Gasteiger partial charge on any atom is 0.323 e. The van der Waals surface area contributed by atoms with Crippen molar-refractivity contribution in [2.24, 2.45) is 0 Å². The van der Waals surface area contributed by atoms with Crippen LogP contribution in [-0.4, -0.2) is 27.7 Å². The lowest BCUT2D eigenvalue weighted by atomic mass is 10.0. The zero-order valence-electron chi connectivity index (χ0n) is 16.3. The molecule has 0 spiro atoms. The van der Waals surface area contributed by atoms with Crippen LogP contribution in [0.1, 0.15) is 10.4 Å². The number of anilines is 3. The zero-order valence-corrected chi connectivity index (χ0v) is 17.2. The largest absolute Gasteiger partial charge is 0.396 e. The minimum absolute atomic E-state index is 0.0337. The van der Waals surface area contributed by atoms with Gasteiger partial charge < -0.3 is 21.5 Å². The first-order chi connectivity index (χ1) is 14.5. The summed E-state index contributed by atoms with van der Waals surface area (Å²) < 4.78 is 0. The Morgan fingerprint density at radius 1 is 1.03 bits per heavy atom. The molecule has 5 N–H and O–H groups in total. The number of amides is 2. The number of nitrogens with zero attached hydrogens (tertiary/aromatic N) is 2. The highest BCUT2D eigenvalue weighted by Gasteiger charge is 2.17. The maximum atomic E-state index is 12.3. The van der Waals surface area contributed by atoms with Crippen molar-refractivity contribution in [1.82, 2.24) is 9.97 Å². The molecule has 7 nitrogen and oxygen atoms in total. The molecule has 0 saturated carbocycles. The summed E-state index contributed by atoms with van der Waals surface area (Å²) >= 11 is 1.50. The summed E-state index contributed by atoms with van der Waals surface area (Å²) in [5.41, 5.74) is 10.5. The van der Waals surface area contributed by atoms with Gasteiger partial charge >= 0.3 is 6.03 Å². The molecule has 0 unspecified atom stereocenters. The molecule has 8 heteroatoms. The van der Waals surface area contributed by atoms with Gasteiger partial charge in [0, 0.05) is 34.8 Å². The second-order valence-electron chi connectivity index (χ2n) is 6.84. The molecule has 0 radical (unpaired) electrons. The second-order valence-corrected chi connectivity index (χ2v) is 7.92. The third-order valence-corrected chi connectivity index (χ3v) is 5.83. The van der Waals surface area contributed by atoms with E-state index in [9.17, 15) is 9.90 Å². The first-order valence-electron chi connectivity index (χ1n) is 9.43. The molecule has 0 aliphatic carbocycles. The molecule has 0 atom stereocenters. The average molecular weight is 420 g/mol. The van der Waals surface area contributed by atoms with Crippen LogP contribution in [0.3, 0.4) is 0 Å². The Kier molecular flexibility index (Phi) is 5.60. The van der Waals surface area contributed by atoms with Crippen LogP contribution in [0.15, 0.2) is 54.9 Å². The summed E-state index contributed by atoms with van der Waals surface area (Å²) in [5.74, 6) is 0.412. The van der Waals surface area contributed by atoms with Gasteiger partial charge in [-0.15, -0.1) is 11.3 Å². The minimum atomic E-state index is -0.314. The van der Waals surface area contributed by atoms with E-state index in [-0.39, 0.29) is 12.6 Å². The van der Waals surface area contributed by atoms with E-state index >= 15 is 0 Å². The molecule has 2 heterocycles. The Labute approximate surface area is 177 Å². The van der Waals surface area contributed by atoms with E-state index in [0.717, 1.165) is 37.5 Å². The highest BCUT2D eigenvalue weighted by atomic mass is 32.1. The van der Waals surface area contributed by atoms with Crippen LogP contribution in [0.4, 0.5) is 22.0 Å². The Bertz CT molecular complexity index is 1190. The number of hydrogen-bond donors (Lipinski definition) is 4. The number of rotatable bonds is 5. The number of urea groups is 1. The molecule has 0 fully saturated rings. The van der Waals surface area contributed by atoms with Gasteiger partial charge in [-0.25, -0.2) is 14.8 Å². The number of aryl methyl sites for hydroxylation is 1. The second kappa shape index (κ2) is 8.48. The maximum absolute atomic E-state index is 12.3. The Balaban J connectivity index is 1.57. The number of nitrogens with two attached hydrogens (primary N) is 1. The van der Waals surface area contributed by atoms with Crippen molar-refractivity contribution >= 4 is 44.8 Å². The fraction of sp³-hybridized carbons (Fsp3) is 0.136. The third-order valence-electron chi connectivity index (χ3n) is 4.67. The highest BCUT2D eigenvalue weighted by molar-refractivity contribution is 7.19. The minimum Gasteiger partial charge on any atom is -0.396 e. The molecule has 0 saturated heterocycles. The molecule has 4 rings (SSSR count). The van der Waals surface area contributed by atoms with E-state index in [4.69, 9.17) is 5.73 Å². The predicted molar refractivity (Wildman–Crippen MR) is 122 cm³/mol. The Hall–Kier alpha value is -3.49. The standard InChI is InChI=1S/C22H21N5O2S/c1-13-2-6-15(7-3-13)26-22(29)27-16-8-4-14(5-9-16)18-17(10-11-28)30-21-19(18)20(23)24-12-25-21/h2-9,12,28H,10-11H2,1H3,(H2,23,24,25)(H2,26,27,29). The molecule has 0 aliphatic heterocycles. The first-order valence-corrected chi connectivity index (χ1v) is 10.2. The molecular weight excluding hydrogens is 398 g/mol. The predicted octanol–water partition coefficient (Wildman–Crippen LogP) is 4.43. The van der Waals surface area contributed by atoms with Crippen LogP contribution in [0.25, 0.3) is 21.3 Å². The Morgan fingerprint density at radius 3 is 2.30 bits per heavy atom. The van der Waals surface area contributed by atoms with E-state index < -0.39 is 0 Å². The number of thiophene rings is 1. The summed E-state index contributed by atoms with van der Waals surface area (Å²) in [6.07, 6.45) is 1.95. The van der Waals surface area contributed by atoms with E-state index in [0.29, 0.717) is 17.9 Å². The molecule has 2 aromatic heterocycles. The fourth-order valence-corrected chi connectivity index (χ4v) is 4.39. The van der Waals surface area contributed by atoms with Crippen LogP contribution >= 0.6 is 11.3 Å². The average Bonchev–Trinajstić information content (AvgIpc) is 3.10. The van der Waals surface area contributed by atoms with Crippen molar-refractivity contribution in [3.05, 3.63) is 65.3 Å². The van der Waals surface area contributed by atoms with Gasteiger partial charge in [0.2, 0.25) is 0 Å². The van der Waals surface area contributed by atoms with Gasteiger partial charge in [0.15, 0.2) is 0 Å². The normalized spacial score (nSPS) is 10.9. The van der Waals surface area contributed by atoms with Gasteiger partial charge in [0.1, 0.15) is 17.0 Å². The SMILES string of the molecule is Cc1ccc(NC(=O)Nc2ccc(-c3c(CCO)sc4ncnc(N)c34)cc2)cc1. The topological polar surface area (TPSA) is 113 Å². The molecule has 0 aliphatic rings. The number of carbonyl (C=O) groups is 1. The highest BCUT2D eigenvalue weighted by Crippen LogP contribution is 2.40. The molecule has 4 aromatic rings. The van der Waals surface area contributed by atoms with Crippen molar-refractivity contribution in [3.8, 4) is 11.1 Å². The molecule has 2 amide bonds. The van der Waals surface area contributed by atoms with Gasteiger partial charge in [-0.1, -0.05) is 29.8 Å². The molecule has 152 valence electrons. The van der Waals surface area contributed by atoms with E-state index in [1.807, 2.05) is 55.5 Å². The zero-order chi connectivity index (χ0) is 21.1. The van der Waals surface area contributed by atoms with Crippen molar-refractivity contribution in [2.45, 2.75) is 13.3 Å². The number of nitrogen functional groups attached to an aromatic ring is 1. The lowest BCUT2D eigenvalue weighted by molar-refractivity contribution is 0.262. The summed E-state index contributed by atoms with van der Waals surface area (Å²) in [5, 5.41) is 15.9. The monoisotopic (exact) mass is 419 g/mol. The smallest absolute Gasteiger partial charge is 0.323 e. The van der Waals surface area contributed by atoms with Crippen LogP contribution in [0, 0.1) is 6.92 Å². The molecule has 0 bridgehead atoms. The summed E-state index contributed by atoms with van der Waals surface area (Å²) in [6, 6.07) is 14.8. The van der Waals surface area contributed by atoms with Gasteiger partial charge in [0.05, 0.1) is 5.39 Å². The number of aliphatic hydroxyl groups excluding tert-OH is 1. The summed E-state index contributed by atoms with van der Waals surface area (Å²) in [6.45, 7) is 2.03. The van der Waals surface area contributed by atoms with Crippen LogP contribution in [-0.2, 0) is 6.42 Å². The number of nitrogens with one attached hydrogen (secondary N) is 2. The third kappa shape index (κ3) is 4.10. The van der Waals surface area contributed by atoms with Gasteiger partial charge in [-0.3, -0.25) is 0 Å². The van der Waals surface area contributed by atoms with Crippen molar-refractivity contribution in [2.75, 3.05) is 23.0 Å². The molecule has 2 aromatic carbocycles. The molecule has 30 heavy (non-hydrogen) atoms. The van der Waals surface area contributed by atoms with Crippen molar-refractivity contribution in [1.29, 1.82) is 0 Å². The van der Waals surface area contributed by atoms with Gasteiger partial charge in [0.25, 0.3) is 0 Å². The number of aliphatic hydroxyl groups is 1. The molecular formula is C22H21N5O2S. The van der Waals surface area contributed by atoms with Crippen LogP contribution in [0.5, 0.6) is 0 Å². The Morgan fingerprint density at radius 2 is 1.67 bits per heavy atom. The number of hydrogen-bond acceptors (Lipinski definition) is 6. The van der Waals surface area contributed by atoms with Gasteiger partial charge in [-0.2, -0.15) is 0 Å². The van der Waals surface area contributed by atoms with E-state index in [1.54, 1.807) is 0 Å². The number of fused-ring (bicyclic) bond motifs is 1. The lowest BCUT2D eigenvalue weighted by Gasteiger charge is -2.10. The van der Waals surface area contributed by atoms with E-state index in [2.05, 4.69) is 20.6 Å². The summed E-state index contributed by atoms with van der Waals surface area (Å²) in [7, 11) is 0. The van der Waals surface area contributed by atoms with Crippen molar-refractivity contribution < 1.29 is 9.90 Å². The van der Waals surface area contributed by atoms with Crippen LogP contribution in [0.2, 0.25) is 0 Å². The quantitative estimate of drug-likeness (QED) is 0.382. The number of benzene rings is 2. The summed E-state index contributed by atoms with van der Waals surface area (Å²) in [4.78, 5) is 22.5. The number of aromatic nitrogens is 2. The van der Waals surface area contributed by atoms with Crippen LogP contribution < -0.4 is 16.4 Å².